The number of amides is 1. The lowest BCUT2D eigenvalue weighted by molar-refractivity contribution is 0.0916. The average Bonchev–Trinajstić information content (AvgIpc) is 2.31. The first-order valence-electron chi connectivity index (χ1n) is 5.86. The molecule has 0 aliphatic carbocycles. The molecule has 0 aliphatic heterocycles. The van der Waals surface area contributed by atoms with Gasteiger partial charge in [0.25, 0.3) is 5.91 Å². The summed E-state index contributed by atoms with van der Waals surface area (Å²) in [6, 6.07) is 4.60. The Bertz CT molecular complexity index is 421. The van der Waals surface area contributed by atoms with Gasteiger partial charge in [0.05, 0.1) is 4.47 Å². The van der Waals surface area contributed by atoms with E-state index in [1.165, 1.54) is 6.07 Å². The van der Waals surface area contributed by atoms with E-state index in [1.807, 2.05) is 13.8 Å². The molecular formula is C13H18BrNO3. The van der Waals surface area contributed by atoms with Crippen molar-refractivity contribution in [2.24, 2.45) is 5.92 Å². The molecule has 1 aromatic rings. The van der Waals surface area contributed by atoms with Crippen LogP contribution >= 0.6 is 15.9 Å². The van der Waals surface area contributed by atoms with Gasteiger partial charge in [0.15, 0.2) is 0 Å². The van der Waals surface area contributed by atoms with E-state index < -0.39 is 0 Å². The first kappa shape index (κ1) is 15.0. The summed E-state index contributed by atoms with van der Waals surface area (Å²) in [5, 5.41) is 21.3. The maximum atomic E-state index is 12.0. The fraction of sp³-hybridized carbons (Fsp3) is 0.462. The number of aliphatic hydroxyl groups excluding tert-OH is 1. The maximum absolute atomic E-state index is 12.0. The van der Waals surface area contributed by atoms with Crippen LogP contribution < -0.4 is 5.32 Å². The van der Waals surface area contributed by atoms with Gasteiger partial charge in [0.1, 0.15) is 5.75 Å². The number of aliphatic hydroxyl groups is 1. The van der Waals surface area contributed by atoms with Crippen LogP contribution in [0.2, 0.25) is 0 Å². The first-order chi connectivity index (χ1) is 8.45. The average molecular weight is 316 g/mol. The minimum Gasteiger partial charge on any atom is -0.507 e. The molecule has 0 aromatic heterocycles. The number of aromatic hydroxyl groups is 1. The zero-order valence-electron chi connectivity index (χ0n) is 10.5. The van der Waals surface area contributed by atoms with E-state index >= 15 is 0 Å². The number of benzene rings is 1. The summed E-state index contributed by atoms with van der Waals surface area (Å²) in [6.07, 6.45) is 0.520. The summed E-state index contributed by atoms with van der Waals surface area (Å²) in [6.45, 7) is 4.01. The van der Waals surface area contributed by atoms with E-state index in [0.29, 0.717) is 16.5 Å². The number of hydrogen-bond acceptors (Lipinski definition) is 3. The van der Waals surface area contributed by atoms with Crippen LogP contribution in [0.3, 0.4) is 0 Å². The molecule has 0 saturated carbocycles. The van der Waals surface area contributed by atoms with Crippen molar-refractivity contribution >= 4 is 21.8 Å². The Balaban J connectivity index is 2.77. The van der Waals surface area contributed by atoms with Crippen LogP contribution in [0, 0.1) is 5.92 Å². The van der Waals surface area contributed by atoms with Crippen molar-refractivity contribution in [2.75, 3.05) is 6.61 Å². The molecule has 1 atom stereocenters. The summed E-state index contributed by atoms with van der Waals surface area (Å²) < 4.78 is 0.551. The number of phenolic OH excluding ortho intramolecular Hbond substituents is 1. The highest BCUT2D eigenvalue weighted by atomic mass is 79.9. The molecule has 1 rings (SSSR count). The third kappa shape index (κ3) is 3.99. The lowest BCUT2D eigenvalue weighted by Crippen LogP contribution is -2.39. The van der Waals surface area contributed by atoms with Crippen molar-refractivity contribution in [2.45, 2.75) is 26.3 Å². The van der Waals surface area contributed by atoms with Gasteiger partial charge in [0, 0.05) is 18.2 Å². The van der Waals surface area contributed by atoms with E-state index in [-0.39, 0.29) is 30.2 Å². The van der Waals surface area contributed by atoms with Crippen LogP contribution in [0.5, 0.6) is 5.75 Å². The standard InChI is InChI=1S/C13H18BrNO3/c1-8(2)11(5-6-16)15-13(18)9-3-4-10(14)12(17)7-9/h3-4,7-8,11,16-17H,5-6H2,1-2H3,(H,15,18). The van der Waals surface area contributed by atoms with Crippen LogP contribution in [0.4, 0.5) is 0 Å². The molecule has 0 heterocycles. The Morgan fingerprint density at radius 3 is 2.61 bits per heavy atom. The van der Waals surface area contributed by atoms with Crippen molar-refractivity contribution < 1.29 is 15.0 Å². The van der Waals surface area contributed by atoms with Crippen LogP contribution in [-0.2, 0) is 0 Å². The first-order valence-corrected chi connectivity index (χ1v) is 6.65. The molecule has 4 nitrogen and oxygen atoms in total. The summed E-state index contributed by atoms with van der Waals surface area (Å²) in [5.74, 6) is 0.0287. The number of hydrogen-bond donors (Lipinski definition) is 3. The third-order valence-corrected chi connectivity index (χ3v) is 3.44. The van der Waals surface area contributed by atoms with Gasteiger partial charge in [0.2, 0.25) is 0 Å². The predicted octanol–water partition coefficient (Wildman–Crippen LogP) is 2.29. The molecule has 0 fully saturated rings. The van der Waals surface area contributed by atoms with Gasteiger partial charge in [-0.05, 0) is 46.5 Å². The smallest absolute Gasteiger partial charge is 0.251 e. The zero-order valence-corrected chi connectivity index (χ0v) is 12.1. The van der Waals surface area contributed by atoms with E-state index in [0.717, 1.165) is 0 Å². The summed E-state index contributed by atoms with van der Waals surface area (Å²) in [4.78, 5) is 12.0. The summed E-state index contributed by atoms with van der Waals surface area (Å²) in [7, 11) is 0. The molecule has 1 aromatic carbocycles. The van der Waals surface area contributed by atoms with E-state index in [2.05, 4.69) is 21.2 Å². The van der Waals surface area contributed by atoms with Gasteiger partial charge in [-0.1, -0.05) is 13.8 Å². The molecule has 0 saturated heterocycles. The normalized spacial score (nSPS) is 12.5. The lowest BCUT2D eigenvalue weighted by atomic mass is 10.0. The van der Waals surface area contributed by atoms with Gasteiger partial charge in [-0.15, -0.1) is 0 Å². The molecule has 3 N–H and O–H groups in total. The largest absolute Gasteiger partial charge is 0.507 e. The van der Waals surface area contributed by atoms with E-state index in [1.54, 1.807) is 12.1 Å². The van der Waals surface area contributed by atoms with Crippen molar-refractivity contribution in [1.82, 2.24) is 5.32 Å². The van der Waals surface area contributed by atoms with Gasteiger partial charge < -0.3 is 15.5 Å². The minimum atomic E-state index is -0.245. The van der Waals surface area contributed by atoms with E-state index in [4.69, 9.17) is 5.11 Å². The second-order valence-corrected chi connectivity index (χ2v) is 5.36. The number of carbonyl (C=O) groups excluding carboxylic acids is 1. The highest BCUT2D eigenvalue weighted by Crippen LogP contribution is 2.24. The minimum absolute atomic E-state index is 0.0332. The van der Waals surface area contributed by atoms with Crippen LogP contribution in [0.25, 0.3) is 0 Å². The Hall–Kier alpha value is -1.07. The Labute approximate surface area is 115 Å². The third-order valence-electron chi connectivity index (χ3n) is 2.77. The SMILES string of the molecule is CC(C)C(CCO)NC(=O)c1ccc(Br)c(O)c1. The molecule has 1 amide bonds. The highest BCUT2D eigenvalue weighted by molar-refractivity contribution is 9.10. The highest BCUT2D eigenvalue weighted by Gasteiger charge is 2.17. The van der Waals surface area contributed by atoms with Crippen molar-refractivity contribution in [3.63, 3.8) is 0 Å². The molecule has 18 heavy (non-hydrogen) atoms. The predicted molar refractivity (Wildman–Crippen MR) is 73.6 cm³/mol. The van der Waals surface area contributed by atoms with Crippen LogP contribution in [-0.4, -0.2) is 28.8 Å². The number of halogens is 1. The Kier molecular flexibility index (Phi) is 5.62. The van der Waals surface area contributed by atoms with Gasteiger partial charge in [-0.3, -0.25) is 4.79 Å². The zero-order chi connectivity index (χ0) is 13.7. The molecule has 5 heteroatoms. The monoisotopic (exact) mass is 315 g/mol. The number of rotatable bonds is 5. The number of nitrogens with one attached hydrogen (secondary N) is 1. The fourth-order valence-corrected chi connectivity index (χ4v) is 1.86. The molecule has 0 bridgehead atoms. The van der Waals surface area contributed by atoms with Crippen molar-refractivity contribution in [1.29, 1.82) is 0 Å². The van der Waals surface area contributed by atoms with Crippen molar-refractivity contribution in [3.05, 3.63) is 28.2 Å². The summed E-state index contributed by atoms with van der Waals surface area (Å²) >= 11 is 3.16. The van der Waals surface area contributed by atoms with Crippen LogP contribution in [0.15, 0.2) is 22.7 Å². The Morgan fingerprint density at radius 2 is 2.11 bits per heavy atom. The maximum Gasteiger partial charge on any atom is 0.251 e. The molecule has 1 unspecified atom stereocenters. The fourth-order valence-electron chi connectivity index (χ4n) is 1.62. The Morgan fingerprint density at radius 1 is 1.44 bits per heavy atom. The second kappa shape index (κ2) is 6.75. The van der Waals surface area contributed by atoms with Gasteiger partial charge in [-0.2, -0.15) is 0 Å². The molecule has 0 aliphatic rings. The molecule has 100 valence electrons. The molecule has 0 spiro atoms. The topological polar surface area (TPSA) is 69.6 Å². The lowest BCUT2D eigenvalue weighted by Gasteiger charge is -2.21. The molecular weight excluding hydrogens is 298 g/mol. The van der Waals surface area contributed by atoms with Crippen molar-refractivity contribution in [3.8, 4) is 5.75 Å². The van der Waals surface area contributed by atoms with Gasteiger partial charge >= 0.3 is 0 Å². The second-order valence-electron chi connectivity index (χ2n) is 4.50. The van der Waals surface area contributed by atoms with Crippen LogP contribution in [0.1, 0.15) is 30.6 Å². The van der Waals surface area contributed by atoms with Gasteiger partial charge in [-0.25, -0.2) is 0 Å². The van der Waals surface area contributed by atoms with E-state index in [9.17, 15) is 9.90 Å². The number of carbonyl (C=O) groups is 1. The quantitative estimate of drug-likeness (QED) is 0.781. The number of phenols is 1. The summed E-state index contributed by atoms with van der Waals surface area (Å²) in [5.41, 5.74) is 0.402. The molecule has 0 radical (unpaired) electrons.